The second-order valence-corrected chi connectivity index (χ2v) is 7.57. The van der Waals surface area contributed by atoms with E-state index in [4.69, 9.17) is 23.2 Å². The van der Waals surface area contributed by atoms with E-state index in [9.17, 15) is 9.59 Å². The van der Waals surface area contributed by atoms with Gasteiger partial charge >= 0.3 is 0 Å². The van der Waals surface area contributed by atoms with Gasteiger partial charge in [-0.2, -0.15) is 0 Å². The van der Waals surface area contributed by atoms with Crippen molar-refractivity contribution in [1.29, 1.82) is 0 Å². The van der Waals surface area contributed by atoms with Crippen molar-refractivity contribution in [3.8, 4) is 0 Å². The largest absolute Gasteiger partial charge is 0.339 e. The molecule has 1 fully saturated rings. The van der Waals surface area contributed by atoms with E-state index in [0.717, 1.165) is 11.1 Å². The summed E-state index contributed by atoms with van der Waals surface area (Å²) in [7, 11) is 0. The van der Waals surface area contributed by atoms with E-state index in [-0.39, 0.29) is 11.8 Å². The van der Waals surface area contributed by atoms with E-state index in [1.54, 1.807) is 12.1 Å². The molecule has 0 spiro atoms. The van der Waals surface area contributed by atoms with E-state index in [1.165, 1.54) is 0 Å². The van der Waals surface area contributed by atoms with Crippen LogP contribution >= 0.6 is 23.2 Å². The molecule has 142 valence electrons. The summed E-state index contributed by atoms with van der Waals surface area (Å²) in [5, 5.41) is 1.35. The van der Waals surface area contributed by atoms with Crippen LogP contribution in [-0.4, -0.2) is 47.8 Å². The van der Waals surface area contributed by atoms with Crippen LogP contribution in [0.4, 0.5) is 0 Å². The maximum Gasteiger partial charge on any atom is 0.227 e. The van der Waals surface area contributed by atoms with Crippen LogP contribution in [0.1, 0.15) is 17.5 Å². The van der Waals surface area contributed by atoms with E-state index in [1.807, 2.05) is 46.2 Å². The van der Waals surface area contributed by atoms with Crippen LogP contribution in [0.15, 0.2) is 48.5 Å². The van der Waals surface area contributed by atoms with Crippen molar-refractivity contribution in [2.75, 3.05) is 26.2 Å². The highest BCUT2D eigenvalue weighted by atomic mass is 35.5. The van der Waals surface area contributed by atoms with E-state index in [0.29, 0.717) is 55.5 Å². The SMILES string of the molecule is O=C(CCc1cccc(Cl)c1)N1CCN(C(=O)Cc2ccc(Cl)cc2)CC1. The van der Waals surface area contributed by atoms with Crippen molar-refractivity contribution >= 4 is 35.0 Å². The van der Waals surface area contributed by atoms with Gasteiger partial charge in [0, 0.05) is 42.6 Å². The maximum absolute atomic E-state index is 12.4. The Morgan fingerprint density at radius 2 is 1.41 bits per heavy atom. The Morgan fingerprint density at radius 3 is 2.04 bits per heavy atom. The molecule has 6 heteroatoms. The third-order valence-corrected chi connectivity index (χ3v) is 5.26. The molecule has 1 aliphatic heterocycles. The molecule has 0 radical (unpaired) electrons. The number of aryl methyl sites for hydroxylation is 1. The fraction of sp³-hybridized carbons (Fsp3) is 0.333. The lowest BCUT2D eigenvalue weighted by molar-refractivity contribution is -0.139. The number of benzene rings is 2. The molecular formula is C21H22Cl2N2O2. The van der Waals surface area contributed by atoms with Gasteiger partial charge in [0.15, 0.2) is 0 Å². The van der Waals surface area contributed by atoms with Gasteiger partial charge in [-0.05, 0) is 41.8 Å². The fourth-order valence-electron chi connectivity index (χ4n) is 3.20. The Bertz CT molecular complexity index is 800. The molecule has 0 aromatic heterocycles. The van der Waals surface area contributed by atoms with Gasteiger partial charge in [0.05, 0.1) is 6.42 Å². The molecular weight excluding hydrogens is 383 g/mol. The number of halogens is 2. The van der Waals surface area contributed by atoms with Crippen molar-refractivity contribution in [2.45, 2.75) is 19.3 Å². The van der Waals surface area contributed by atoms with Crippen LogP contribution in [0.5, 0.6) is 0 Å². The highest BCUT2D eigenvalue weighted by Crippen LogP contribution is 2.14. The minimum atomic E-state index is 0.0864. The molecule has 0 saturated carbocycles. The van der Waals surface area contributed by atoms with Crippen LogP contribution in [0, 0.1) is 0 Å². The minimum absolute atomic E-state index is 0.0864. The standard InChI is InChI=1S/C21H22Cl2N2O2/c22-18-7-4-17(5-8-18)15-21(27)25-12-10-24(11-13-25)20(26)9-6-16-2-1-3-19(23)14-16/h1-5,7-8,14H,6,9-13,15H2. The fourth-order valence-corrected chi connectivity index (χ4v) is 3.53. The average molecular weight is 405 g/mol. The first-order valence-corrected chi connectivity index (χ1v) is 9.81. The lowest BCUT2D eigenvalue weighted by atomic mass is 10.1. The second-order valence-electron chi connectivity index (χ2n) is 6.69. The van der Waals surface area contributed by atoms with Gasteiger partial charge in [0.1, 0.15) is 0 Å². The first-order chi connectivity index (χ1) is 13.0. The number of carbonyl (C=O) groups is 2. The van der Waals surface area contributed by atoms with Gasteiger partial charge in [0.25, 0.3) is 0 Å². The Balaban J connectivity index is 1.44. The number of amides is 2. The summed E-state index contributed by atoms with van der Waals surface area (Å²) in [5.41, 5.74) is 2.01. The van der Waals surface area contributed by atoms with Gasteiger partial charge in [-0.25, -0.2) is 0 Å². The van der Waals surface area contributed by atoms with Crippen molar-refractivity contribution < 1.29 is 9.59 Å². The van der Waals surface area contributed by atoms with E-state index < -0.39 is 0 Å². The number of hydrogen-bond donors (Lipinski definition) is 0. The molecule has 0 aliphatic carbocycles. The molecule has 1 heterocycles. The number of nitrogens with zero attached hydrogens (tertiary/aromatic N) is 2. The zero-order valence-electron chi connectivity index (χ0n) is 15.0. The summed E-state index contributed by atoms with van der Waals surface area (Å²) in [5.74, 6) is 0.211. The smallest absolute Gasteiger partial charge is 0.227 e. The highest BCUT2D eigenvalue weighted by Gasteiger charge is 2.23. The van der Waals surface area contributed by atoms with Crippen molar-refractivity contribution in [3.05, 3.63) is 69.7 Å². The number of carbonyl (C=O) groups excluding carboxylic acids is 2. The number of piperazine rings is 1. The Labute approximate surface area is 169 Å². The lowest BCUT2D eigenvalue weighted by Gasteiger charge is -2.35. The van der Waals surface area contributed by atoms with Gasteiger partial charge in [-0.3, -0.25) is 9.59 Å². The van der Waals surface area contributed by atoms with Gasteiger partial charge < -0.3 is 9.80 Å². The first kappa shape index (κ1) is 19.7. The van der Waals surface area contributed by atoms with Crippen LogP contribution in [-0.2, 0) is 22.4 Å². The van der Waals surface area contributed by atoms with Crippen molar-refractivity contribution in [3.63, 3.8) is 0 Å². The summed E-state index contributed by atoms with van der Waals surface area (Å²) in [6.07, 6.45) is 1.49. The number of hydrogen-bond acceptors (Lipinski definition) is 2. The molecule has 0 bridgehead atoms. The first-order valence-electron chi connectivity index (χ1n) is 9.06. The Hall–Kier alpha value is -2.04. The maximum atomic E-state index is 12.4. The van der Waals surface area contributed by atoms with E-state index >= 15 is 0 Å². The van der Waals surface area contributed by atoms with E-state index in [2.05, 4.69) is 0 Å². The highest BCUT2D eigenvalue weighted by molar-refractivity contribution is 6.30. The molecule has 3 rings (SSSR count). The van der Waals surface area contributed by atoms with Gasteiger partial charge in [-0.1, -0.05) is 47.5 Å². The minimum Gasteiger partial charge on any atom is -0.339 e. The average Bonchev–Trinajstić information content (AvgIpc) is 2.68. The van der Waals surface area contributed by atoms with Crippen LogP contribution in [0.2, 0.25) is 10.0 Å². The monoisotopic (exact) mass is 404 g/mol. The normalized spacial score (nSPS) is 14.3. The molecule has 0 atom stereocenters. The van der Waals surface area contributed by atoms with Crippen LogP contribution < -0.4 is 0 Å². The molecule has 2 aromatic carbocycles. The molecule has 2 aromatic rings. The third kappa shape index (κ3) is 5.72. The van der Waals surface area contributed by atoms with Crippen molar-refractivity contribution in [2.24, 2.45) is 0 Å². The third-order valence-electron chi connectivity index (χ3n) is 4.77. The summed E-state index contributed by atoms with van der Waals surface area (Å²) in [6.45, 7) is 2.33. The zero-order valence-corrected chi connectivity index (χ0v) is 16.5. The summed E-state index contributed by atoms with van der Waals surface area (Å²) in [4.78, 5) is 28.6. The predicted octanol–water partition coefficient (Wildman–Crippen LogP) is 3.84. The topological polar surface area (TPSA) is 40.6 Å². The van der Waals surface area contributed by atoms with Crippen LogP contribution in [0.3, 0.4) is 0 Å². The molecule has 1 aliphatic rings. The second kappa shape index (κ2) is 9.25. The molecule has 4 nitrogen and oxygen atoms in total. The van der Waals surface area contributed by atoms with Crippen molar-refractivity contribution in [1.82, 2.24) is 9.80 Å². The molecule has 2 amide bonds. The Morgan fingerprint density at radius 1 is 0.778 bits per heavy atom. The summed E-state index contributed by atoms with van der Waals surface area (Å²) in [6, 6.07) is 14.9. The summed E-state index contributed by atoms with van der Waals surface area (Å²) >= 11 is 11.9. The molecule has 1 saturated heterocycles. The lowest BCUT2D eigenvalue weighted by Crippen LogP contribution is -2.51. The zero-order chi connectivity index (χ0) is 19.2. The van der Waals surface area contributed by atoms with Gasteiger partial charge in [-0.15, -0.1) is 0 Å². The van der Waals surface area contributed by atoms with Crippen LogP contribution in [0.25, 0.3) is 0 Å². The Kier molecular flexibility index (Phi) is 6.75. The molecule has 27 heavy (non-hydrogen) atoms. The summed E-state index contributed by atoms with van der Waals surface area (Å²) < 4.78 is 0. The van der Waals surface area contributed by atoms with Gasteiger partial charge in [0.2, 0.25) is 11.8 Å². The quantitative estimate of drug-likeness (QED) is 0.759. The predicted molar refractivity (Wildman–Crippen MR) is 108 cm³/mol. The molecule has 0 N–H and O–H groups in total. The number of rotatable bonds is 5. The molecule has 0 unspecified atom stereocenters.